The van der Waals surface area contributed by atoms with Crippen LogP contribution in [-0.2, 0) is 0 Å². The lowest BCUT2D eigenvalue weighted by Gasteiger charge is -2.08. The number of anilines is 1. The van der Waals surface area contributed by atoms with Crippen LogP contribution >= 0.6 is 22.6 Å². The number of non-ortho nitro benzene ring substituents is 1. The quantitative estimate of drug-likeness (QED) is 0.483. The molecular weight excluding hydrogens is 390 g/mol. The zero-order chi connectivity index (χ0) is 15.6. The normalized spacial score (nSPS) is 10.2. The fraction of sp³-hybridized carbons (Fsp3) is 0.0714. The number of aryl methyl sites for hydroxylation is 1. The van der Waals surface area contributed by atoms with Gasteiger partial charge in [0.15, 0.2) is 0 Å². The third-order valence-corrected chi connectivity index (χ3v) is 4.22. The maximum absolute atomic E-state index is 13.3. The van der Waals surface area contributed by atoms with E-state index < -0.39 is 22.3 Å². The average Bonchev–Trinajstić information content (AvgIpc) is 2.41. The Hall–Kier alpha value is -2.03. The van der Waals surface area contributed by atoms with Gasteiger partial charge in [0.05, 0.1) is 22.2 Å². The van der Waals surface area contributed by atoms with Crippen molar-refractivity contribution >= 4 is 39.9 Å². The number of rotatable bonds is 3. The van der Waals surface area contributed by atoms with Crippen LogP contribution in [0, 0.1) is 26.4 Å². The molecule has 0 atom stereocenters. The molecule has 21 heavy (non-hydrogen) atoms. The van der Waals surface area contributed by atoms with Crippen molar-refractivity contribution in [2.24, 2.45) is 0 Å². The van der Waals surface area contributed by atoms with E-state index in [4.69, 9.17) is 0 Å². The summed E-state index contributed by atoms with van der Waals surface area (Å²) in [6.07, 6.45) is 0. The Morgan fingerprint density at radius 1 is 1.33 bits per heavy atom. The summed E-state index contributed by atoms with van der Waals surface area (Å²) in [5.74, 6) is -1.22. The van der Waals surface area contributed by atoms with Gasteiger partial charge in [-0.25, -0.2) is 4.39 Å². The third kappa shape index (κ3) is 3.54. The molecule has 1 amide bonds. The molecule has 0 saturated heterocycles. The summed E-state index contributed by atoms with van der Waals surface area (Å²) >= 11 is 2.04. The first-order valence-electron chi connectivity index (χ1n) is 5.90. The summed E-state index contributed by atoms with van der Waals surface area (Å²) in [7, 11) is 0. The number of nitro groups is 1. The van der Waals surface area contributed by atoms with Crippen LogP contribution in [0.5, 0.6) is 0 Å². The van der Waals surface area contributed by atoms with Crippen molar-refractivity contribution in [3.05, 3.63) is 67.0 Å². The van der Waals surface area contributed by atoms with Crippen LogP contribution in [0.25, 0.3) is 0 Å². The van der Waals surface area contributed by atoms with Crippen molar-refractivity contribution in [3.63, 3.8) is 0 Å². The average molecular weight is 400 g/mol. The van der Waals surface area contributed by atoms with Crippen molar-refractivity contribution < 1.29 is 14.1 Å². The molecule has 0 aliphatic heterocycles. The molecule has 0 heterocycles. The van der Waals surface area contributed by atoms with Gasteiger partial charge in [-0.2, -0.15) is 0 Å². The lowest BCUT2D eigenvalue weighted by molar-refractivity contribution is -0.385. The van der Waals surface area contributed by atoms with Gasteiger partial charge < -0.3 is 5.32 Å². The van der Waals surface area contributed by atoms with Gasteiger partial charge in [-0.15, -0.1) is 0 Å². The molecule has 2 aromatic carbocycles. The highest BCUT2D eigenvalue weighted by atomic mass is 127. The number of nitrogens with one attached hydrogen (secondary N) is 1. The van der Waals surface area contributed by atoms with Gasteiger partial charge >= 0.3 is 0 Å². The second kappa shape index (κ2) is 6.17. The van der Waals surface area contributed by atoms with E-state index in [0.717, 1.165) is 27.3 Å². The first-order chi connectivity index (χ1) is 9.88. The summed E-state index contributed by atoms with van der Waals surface area (Å²) in [4.78, 5) is 22.1. The Morgan fingerprint density at radius 2 is 2.05 bits per heavy atom. The summed E-state index contributed by atoms with van der Waals surface area (Å²) in [6.45, 7) is 1.87. The van der Waals surface area contributed by atoms with Crippen molar-refractivity contribution in [1.29, 1.82) is 0 Å². The molecule has 0 fully saturated rings. The molecule has 0 spiro atoms. The number of halogens is 2. The lowest BCUT2D eigenvalue weighted by Crippen LogP contribution is -2.14. The van der Waals surface area contributed by atoms with Gasteiger partial charge in [-0.1, -0.05) is 12.1 Å². The second-order valence-electron chi connectivity index (χ2n) is 4.35. The Labute approximate surface area is 133 Å². The predicted molar refractivity (Wildman–Crippen MR) is 84.9 cm³/mol. The topological polar surface area (TPSA) is 72.2 Å². The van der Waals surface area contributed by atoms with E-state index in [1.807, 2.05) is 35.6 Å². The molecule has 2 aromatic rings. The van der Waals surface area contributed by atoms with Gasteiger partial charge in [0, 0.05) is 9.64 Å². The van der Waals surface area contributed by atoms with E-state index >= 15 is 0 Å². The van der Waals surface area contributed by atoms with E-state index in [1.54, 1.807) is 12.1 Å². The second-order valence-corrected chi connectivity index (χ2v) is 5.42. The molecule has 1 N–H and O–H groups in total. The van der Waals surface area contributed by atoms with E-state index in [0.29, 0.717) is 5.56 Å². The van der Waals surface area contributed by atoms with E-state index in [9.17, 15) is 19.3 Å². The van der Waals surface area contributed by atoms with Crippen molar-refractivity contribution in [3.8, 4) is 0 Å². The summed E-state index contributed by atoms with van der Waals surface area (Å²) in [6, 6.07) is 8.19. The summed E-state index contributed by atoms with van der Waals surface area (Å²) in [5.41, 5.74) is 1.00. The SMILES string of the molecule is Cc1cccc(C(=O)Nc2cc(F)cc([N+](=O)[O-])c2)c1I. The minimum Gasteiger partial charge on any atom is -0.322 e. The van der Waals surface area contributed by atoms with Crippen LogP contribution in [0.15, 0.2) is 36.4 Å². The molecule has 0 aromatic heterocycles. The first kappa shape index (κ1) is 15.4. The number of nitrogens with zero attached hydrogens (tertiary/aromatic N) is 1. The Morgan fingerprint density at radius 3 is 2.71 bits per heavy atom. The zero-order valence-corrected chi connectivity index (χ0v) is 13.0. The highest BCUT2D eigenvalue weighted by molar-refractivity contribution is 14.1. The van der Waals surface area contributed by atoms with Crippen LogP contribution in [0.4, 0.5) is 15.8 Å². The number of carbonyl (C=O) groups excluding carboxylic acids is 1. The maximum atomic E-state index is 13.3. The number of amides is 1. The molecule has 0 saturated carbocycles. The molecule has 0 aliphatic carbocycles. The summed E-state index contributed by atoms with van der Waals surface area (Å²) < 4.78 is 14.1. The van der Waals surface area contributed by atoms with Gasteiger partial charge in [0.2, 0.25) is 0 Å². The largest absolute Gasteiger partial charge is 0.322 e. The Balaban J connectivity index is 2.31. The number of benzene rings is 2. The monoisotopic (exact) mass is 400 g/mol. The number of hydrogen-bond donors (Lipinski definition) is 1. The number of hydrogen-bond acceptors (Lipinski definition) is 3. The van der Waals surface area contributed by atoms with Crippen LogP contribution in [0.1, 0.15) is 15.9 Å². The fourth-order valence-electron chi connectivity index (χ4n) is 1.77. The van der Waals surface area contributed by atoms with E-state index in [2.05, 4.69) is 5.32 Å². The van der Waals surface area contributed by atoms with E-state index in [1.165, 1.54) is 0 Å². The molecule has 0 radical (unpaired) electrons. The first-order valence-corrected chi connectivity index (χ1v) is 6.98. The van der Waals surface area contributed by atoms with Crippen LogP contribution in [-0.4, -0.2) is 10.8 Å². The van der Waals surface area contributed by atoms with Crippen LogP contribution < -0.4 is 5.32 Å². The molecule has 0 unspecified atom stereocenters. The third-order valence-electron chi connectivity index (χ3n) is 2.79. The smallest absolute Gasteiger partial charge is 0.274 e. The molecule has 2 rings (SSSR count). The number of carbonyl (C=O) groups is 1. The van der Waals surface area contributed by atoms with Crippen molar-refractivity contribution in [2.75, 3.05) is 5.32 Å². The zero-order valence-electron chi connectivity index (χ0n) is 10.9. The highest BCUT2D eigenvalue weighted by Gasteiger charge is 2.15. The molecule has 7 heteroatoms. The summed E-state index contributed by atoms with van der Waals surface area (Å²) in [5, 5.41) is 13.2. The molecule has 108 valence electrons. The molecule has 0 bridgehead atoms. The minimum absolute atomic E-state index is 0.0454. The van der Waals surface area contributed by atoms with Gasteiger partial charge in [-0.3, -0.25) is 14.9 Å². The van der Waals surface area contributed by atoms with Gasteiger partial charge in [0.1, 0.15) is 5.82 Å². The van der Waals surface area contributed by atoms with Crippen molar-refractivity contribution in [1.82, 2.24) is 0 Å². The maximum Gasteiger partial charge on any atom is 0.274 e. The minimum atomic E-state index is -0.779. The Bertz CT molecular complexity index is 734. The lowest BCUT2D eigenvalue weighted by atomic mass is 10.1. The van der Waals surface area contributed by atoms with E-state index in [-0.39, 0.29) is 5.69 Å². The fourth-order valence-corrected chi connectivity index (χ4v) is 2.38. The van der Waals surface area contributed by atoms with Crippen LogP contribution in [0.2, 0.25) is 0 Å². The van der Waals surface area contributed by atoms with Crippen molar-refractivity contribution in [2.45, 2.75) is 6.92 Å². The predicted octanol–water partition coefficient (Wildman–Crippen LogP) is 3.90. The van der Waals surface area contributed by atoms with Gasteiger partial charge in [0.25, 0.3) is 11.6 Å². The molecule has 5 nitrogen and oxygen atoms in total. The number of nitro benzene ring substituents is 1. The molecular formula is C14H10FIN2O3. The Kier molecular flexibility index (Phi) is 4.51. The van der Waals surface area contributed by atoms with Gasteiger partial charge in [-0.05, 0) is 47.2 Å². The molecule has 0 aliphatic rings. The van der Waals surface area contributed by atoms with Crippen LogP contribution in [0.3, 0.4) is 0 Å². The standard InChI is InChI=1S/C14H10FIN2O3/c1-8-3-2-4-12(13(8)16)14(19)17-10-5-9(15)6-11(7-10)18(20)21/h2-7H,1H3,(H,17,19). The highest BCUT2D eigenvalue weighted by Crippen LogP contribution is 2.22.